The lowest BCUT2D eigenvalue weighted by Crippen LogP contribution is -2.15. The van der Waals surface area contributed by atoms with Gasteiger partial charge in [-0.25, -0.2) is 9.59 Å². The van der Waals surface area contributed by atoms with Crippen LogP contribution in [-0.2, 0) is 14.3 Å². The molecule has 0 aromatic heterocycles. The summed E-state index contributed by atoms with van der Waals surface area (Å²) in [5.74, 6) is -3.00. The molecule has 0 fully saturated rings. The van der Waals surface area contributed by atoms with Gasteiger partial charge in [-0.05, 0) is 36.4 Å². The van der Waals surface area contributed by atoms with Crippen molar-refractivity contribution in [2.45, 2.75) is 0 Å². The summed E-state index contributed by atoms with van der Waals surface area (Å²) in [7, 11) is 0. The van der Waals surface area contributed by atoms with Crippen LogP contribution in [0.4, 0.5) is 5.69 Å². The van der Waals surface area contributed by atoms with Crippen LogP contribution in [0.15, 0.2) is 60.7 Å². The monoisotopic (exact) mass is 387 g/mol. The SMILES string of the molecule is O=C(O)/C=C/C(=O)Nc1ccc(C(=O)OCC(=O)c2ccccc2Cl)cc1. The quantitative estimate of drug-likeness (QED) is 0.429. The van der Waals surface area contributed by atoms with E-state index in [1.807, 2.05) is 0 Å². The second kappa shape index (κ2) is 9.30. The summed E-state index contributed by atoms with van der Waals surface area (Å²) in [6.07, 6.45) is 1.57. The van der Waals surface area contributed by atoms with Crippen molar-refractivity contribution in [2.75, 3.05) is 11.9 Å². The Morgan fingerprint density at radius 3 is 2.30 bits per heavy atom. The second-order valence-corrected chi connectivity index (χ2v) is 5.62. The van der Waals surface area contributed by atoms with Crippen LogP contribution in [0.25, 0.3) is 0 Å². The van der Waals surface area contributed by atoms with Gasteiger partial charge in [-0.15, -0.1) is 0 Å². The van der Waals surface area contributed by atoms with Crippen LogP contribution in [0.5, 0.6) is 0 Å². The highest BCUT2D eigenvalue weighted by atomic mass is 35.5. The molecule has 0 atom stereocenters. The van der Waals surface area contributed by atoms with E-state index in [4.69, 9.17) is 21.4 Å². The summed E-state index contributed by atoms with van der Waals surface area (Å²) in [6, 6.07) is 12.1. The first-order valence-electron chi connectivity index (χ1n) is 7.63. The first kappa shape index (κ1) is 19.9. The zero-order valence-electron chi connectivity index (χ0n) is 13.8. The van der Waals surface area contributed by atoms with Crippen molar-refractivity contribution in [3.8, 4) is 0 Å². The first-order valence-corrected chi connectivity index (χ1v) is 8.01. The number of benzene rings is 2. The van der Waals surface area contributed by atoms with Crippen molar-refractivity contribution in [2.24, 2.45) is 0 Å². The zero-order chi connectivity index (χ0) is 19.8. The fourth-order valence-electron chi connectivity index (χ4n) is 2.00. The molecular formula is C19H14ClNO6. The molecule has 0 heterocycles. The van der Waals surface area contributed by atoms with Gasteiger partial charge < -0.3 is 15.2 Å². The maximum atomic E-state index is 12.0. The number of hydrogen-bond acceptors (Lipinski definition) is 5. The standard InChI is InChI=1S/C19H14ClNO6/c20-15-4-2-1-3-14(15)16(22)11-27-19(26)12-5-7-13(8-6-12)21-17(23)9-10-18(24)25/h1-10H,11H2,(H,21,23)(H,24,25)/b10-9+. The number of ketones is 1. The smallest absolute Gasteiger partial charge is 0.338 e. The van der Waals surface area contributed by atoms with Crippen LogP contribution in [0.1, 0.15) is 20.7 Å². The number of carboxylic acid groups (broad SMARTS) is 1. The van der Waals surface area contributed by atoms with Crippen LogP contribution in [0, 0.1) is 0 Å². The molecule has 1 amide bonds. The molecule has 138 valence electrons. The summed E-state index contributed by atoms with van der Waals surface area (Å²) >= 11 is 5.92. The van der Waals surface area contributed by atoms with E-state index in [0.717, 1.165) is 6.08 Å². The van der Waals surface area contributed by atoms with Gasteiger partial charge in [0.25, 0.3) is 0 Å². The lowest BCUT2D eigenvalue weighted by atomic mass is 10.1. The second-order valence-electron chi connectivity index (χ2n) is 5.22. The fourth-order valence-corrected chi connectivity index (χ4v) is 2.24. The van der Waals surface area contributed by atoms with E-state index in [9.17, 15) is 19.2 Å². The Balaban J connectivity index is 1.92. The molecule has 0 aliphatic carbocycles. The Bertz CT molecular complexity index is 905. The van der Waals surface area contributed by atoms with Gasteiger partial charge >= 0.3 is 11.9 Å². The van der Waals surface area contributed by atoms with E-state index in [1.54, 1.807) is 18.2 Å². The number of carbonyl (C=O) groups is 4. The Hall–Kier alpha value is -3.45. The van der Waals surface area contributed by atoms with Crippen molar-refractivity contribution in [1.82, 2.24) is 0 Å². The lowest BCUT2D eigenvalue weighted by Gasteiger charge is -2.07. The molecule has 7 nitrogen and oxygen atoms in total. The third kappa shape index (κ3) is 6.09. The number of rotatable bonds is 7. The van der Waals surface area contributed by atoms with Crippen LogP contribution in [0.3, 0.4) is 0 Å². The molecule has 0 bridgehead atoms. The van der Waals surface area contributed by atoms with E-state index < -0.39 is 30.2 Å². The van der Waals surface area contributed by atoms with Crippen molar-refractivity contribution in [3.05, 3.63) is 76.8 Å². The summed E-state index contributed by atoms with van der Waals surface area (Å²) in [5, 5.41) is 11.2. The van der Waals surface area contributed by atoms with E-state index in [2.05, 4.69) is 5.32 Å². The summed E-state index contributed by atoms with van der Waals surface area (Å²) in [6.45, 7) is -0.457. The van der Waals surface area contributed by atoms with E-state index in [0.29, 0.717) is 11.8 Å². The number of aliphatic carboxylic acids is 1. The molecule has 0 unspecified atom stereocenters. The largest absolute Gasteiger partial charge is 0.478 e. The van der Waals surface area contributed by atoms with Gasteiger partial charge in [0.15, 0.2) is 6.61 Å². The number of ether oxygens (including phenoxy) is 1. The summed E-state index contributed by atoms with van der Waals surface area (Å²) in [4.78, 5) is 45.9. The molecule has 0 saturated carbocycles. The highest BCUT2D eigenvalue weighted by Crippen LogP contribution is 2.16. The molecule has 0 saturated heterocycles. The number of hydrogen-bond donors (Lipinski definition) is 2. The van der Waals surface area contributed by atoms with Gasteiger partial charge in [-0.2, -0.15) is 0 Å². The van der Waals surface area contributed by atoms with E-state index in [1.165, 1.54) is 30.3 Å². The van der Waals surface area contributed by atoms with Gasteiger partial charge in [-0.3, -0.25) is 9.59 Å². The van der Waals surface area contributed by atoms with Crippen molar-refractivity contribution in [1.29, 1.82) is 0 Å². The van der Waals surface area contributed by atoms with Gasteiger partial charge in [0, 0.05) is 23.4 Å². The minimum absolute atomic E-state index is 0.182. The van der Waals surface area contributed by atoms with Crippen LogP contribution >= 0.6 is 11.6 Å². The highest BCUT2D eigenvalue weighted by Gasteiger charge is 2.14. The Morgan fingerprint density at radius 1 is 1.00 bits per heavy atom. The molecule has 0 aliphatic rings. The number of Topliss-reactive ketones (excluding diaryl/α,β-unsaturated/α-hetero) is 1. The molecule has 8 heteroatoms. The van der Waals surface area contributed by atoms with Gasteiger partial charge in [0.1, 0.15) is 0 Å². The molecule has 2 N–H and O–H groups in total. The average molecular weight is 388 g/mol. The minimum atomic E-state index is -1.24. The van der Waals surface area contributed by atoms with Crippen molar-refractivity contribution < 1.29 is 29.0 Å². The molecule has 2 aromatic rings. The molecule has 0 radical (unpaired) electrons. The maximum absolute atomic E-state index is 12.0. The van der Waals surface area contributed by atoms with Crippen LogP contribution < -0.4 is 5.32 Å². The molecule has 0 aliphatic heterocycles. The van der Waals surface area contributed by atoms with Crippen molar-refractivity contribution in [3.63, 3.8) is 0 Å². The Morgan fingerprint density at radius 2 is 1.67 bits per heavy atom. The van der Waals surface area contributed by atoms with Gasteiger partial charge in [0.2, 0.25) is 11.7 Å². The number of esters is 1. The molecule has 27 heavy (non-hydrogen) atoms. The Labute approximate surface area is 159 Å². The van der Waals surface area contributed by atoms with Crippen LogP contribution in [-0.4, -0.2) is 35.3 Å². The number of amides is 1. The predicted octanol–water partition coefficient (Wildman–Crippen LogP) is 2.96. The molecule has 2 rings (SSSR count). The number of anilines is 1. The molecule has 2 aromatic carbocycles. The average Bonchev–Trinajstić information content (AvgIpc) is 2.65. The van der Waals surface area contributed by atoms with E-state index in [-0.39, 0.29) is 16.1 Å². The fraction of sp³-hybridized carbons (Fsp3) is 0.0526. The third-order valence-electron chi connectivity index (χ3n) is 3.27. The van der Waals surface area contributed by atoms with Crippen LogP contribution in [0.2, 0.25) is 5.02 Å². The minimum Gasteiger partial charge on any atom is -0.478 e. The Kier molecular flexibility index (Phi) is 6.85. The third-order valence-corrected chi connectivity index (χ3v) is 3.60. The lowest BCUT2D eigenvalue weighted by molar-refractivity contribution is -0.131. The summed E-state index contributed by atoms with van der Waals surface area (Å²) < 4.78 is 4.97. The number of carboxylic acids is 1. The predicted molar refractivity (Wildman–Crippen MR) is 97.9 cm³/mol. The maximum Gasteiger partial charge on any atom is 0.338 e. The summed E-state index contributed by atoms with van der Waals surface area (Å²) in [5.41, 5.74) is 0.805. The van der Waals surface area contributed by atoms with Crippen molar-refractivity contribution >= 4 is 40.9 Å². The first-order chi connectivity index (χ1) is 12.9. The van der Waals surface area contributed by atoms with Gasteiger partial charge in [0.05, 0.1) is 10.6 Å². The topological polar surface area (TPSA) is 110 Å². The molecular weight excluding hydrogens is 374 g/mol. The number of carbonyl (C=O) groups excluding carboxylic acids is 3. The van der Waals surface area contributed by atoms with E-state index >= 15 is 0 Å². The normalized spacial score (nSPS) is 10.4. The zero-order valence-corrected chi connectivity index (χ0v) is 14.6. The number of nitrogens with one attached hydrogen (secondary N) is 1. The van der Waals surface area contributed by atoms with Gasteiger partial charge in [-0.1, -0.05) is 23.7 Å². The molecule has 0 spiro atoms. The highest BCUT2D eigenvalue weighted by molar-refractivity contribution is 6.34. The number of halogens is 1.